The van der Waals surface area contributed by atoms with Crippen LogP contribution in [-0.4, -0.2) is 29.9 Å². The molecule has 2 aliphatic carbocycles. The number of pyridine rings is 2. The van der Waals surface area contributed by atoms with E-state index in [1.165, 1.54) is 83.5 Å². The normalized spacial score (nSPS) is 12.7. The molecule has 14 aromatic carbocycles. The number of hydrogen-bond donors (Lipinski definition) is 0. The van der Waals surface area contributed by atoms with Crippen LogP contribution >= 0.6 is 0 Å². The topological polar surface area (TPSA) is 77.3 Å². The van der Waals surface area contributed by atoms with E-state index in [1.807, 2.05) is 24.3 Å². The SMILES string of the molecule is CC1(C)c2ccccc2-c2cc3c(-c4ccccc4)cc(-c4cccc(-c5nc(-c6ccccc6)cc(-c6ccc(-c7ccccc7)cc6)n5)c4)nc3cc21.CC1(C)c2ccccc2-c2cc3c(-c4ccccc4)cc(-c4cccc(-c5nc(-c6ccccc6)cc(-c6cccc(-c7ccccc7)c6)n5)c4)nc3cc21. The zero-order valence-electron chi connectivity index (χ0n) is 61.5. The highest BCUT2D eigenvalue weighted by molar-refractivity contribution is 6.03. The van der Waals surface area contributed by atoms with Gasteiger partial charge in [-0.15, -0.1) is 0 Å². The number of nitrogens with zero attached hydrogens (tertiary/aromatic N) is 6. The quantitative estimate of drug-likeness (QED) is 0.121. The van der Waals surface area contributed by atoms with E-state index in [2.05, 4.69) is 380 Å². The standard InChI is InChI=1S/2C52H37N3/c1-52(2)45-27-13-12-26-41(45)43-30-44-42(35-18-8-4-9-19-35)31-47(53-50(44)32-46(43)52)39-24-15-25-40(29-39)51-54-48(36-20-10-5-11-21-36)33-49(55-51)38-23-14-22-37(28-38)34-16-6-3-7-17-34;1-52(2)45-24-13-12-23-41(45)43-30-44-42(36-17-8-4-9-18-36)31-47(53-50(44)32-46(43)52)39-21-14-22-40(29-39)51-54-48(37-19-10-5-11-20-37)33-49(55-51)38-27-25-35(26-28-38)34-15-6-3-7-16-34/h2*3-33H,1-2H3. The summed E-state index contributed by atoms with van der Waals surface area (Å²) in [7, 11) is 0. The lowest BCUT2D eigenvalue weighted by molar-refractivity contribution is 0.661. The molecule has 0 N–H and O–H groups in total. The van der Waals surface area contributed by atoms with Crippen molar-refractivity contribution in [3.8, 4) is 157 Å². The summed E-state index contributed by atoms with van der Waals surface area (Å²) in [5, 5.41) is 2.30. The second-order valence-electron chi connectivity index (χ2n) is 29.7. The molecular formula is C104H74N6. The first-order valence-corrected chi connectivity index (χ1v) is 37.7. The first-order valence-electron chi connectivity index (χ1n) is 37.7. The maximum Gasteiger partial charge on any atom is 0.160 e. The molecule has 520 valence electrons. The number of benzene rings is 14. The Balaban J connectivity index is 0.000000149. The lowest BCUT2D eigenvalue weighted by Gasteiger charge is -2.22. The van der Waals surface area contributed by atoms with Crippen molar-refractivity contribution < 1.29 is 0 Å². The van der Waals surface area contributed by atoms with Crippen molar-refractivity contribution in [3.05, 3.63) is 398 Å². The van der Waals surface area contributed by atoms with Gasteiger partial charge < -0.3 is 0 Å². The molecule has 0 spiro atoms. The first-order chi connectivity index (χ1) is 54.0. The molecule has 2 aliphatic rings. The highest BCUT2D eigenvalue weighted by atomic mass is 14.9. The van der Waals surface area contributed by atoms with Crippen molar-refractivity contribution in [1.82, 2.24) is 29.9 Å². The monoisotopic (exact) mass is 1410 g/mol. The second-order valence-corrected chi connectivity index (χ2v) is 29.7. The fraction of sp³-hybridized carbons (Fsp3) is 0.0577. The minimum atomic E-state index is -0.121. The lowest BCUT2D eigenvalue weighted by atomic mass is 9.82. The molecule has 0 bridgehead atoms. The van der Waals surface area contributed by atoms with Gasteiger partial charge in [-0.1, -0.05) is 337 Å². The molecule has 0 amide bonds. The Bertz CT molecular complexity index is 6540. The fourth-order valence-electron chi connectivity index (χ4n) is 16.4. The van der Waals surface area contributed by atoms with E-state index in [4.69, 9.17) is 29.9 Å². The molecule has 6 heteroatoms. The third kappa shape index (κ3) is 12.4. The number of aromatic nitrogens is 6. The van der Waals surface area contributed by atoms with E-state index < -0.39 is 0 Å². The molecule has 0 radical (unpaired) electrons. The smallest absolute Gasteiger partial charge is 0.160 e. The summed E-state index contributed by atoms with van der Waals surface area (Å²) in [5.74, 6) is 1.34. The summed E-state index contributed by atoms with van der Waals surface area (Å²) in [5.41, 5.74) is 35.1. The summed E-state index contributed by atoms with van der Waals surface area (Å²) < 4.78 is 0. The average Bonchev–Trinajstić information content (AvgIpc) is 1.56. The van der Waals surface area contributed by atoms with E-state index in [-0.39, 0.29) is 10.8 Å². The summed E-state index contributed by atoms with van der Waals surface area (Å²) in [6, 6.07) is 133. The lowest BCUT2D eigenvalue weighted by Crippen LogP contribution is -2.14. The third-order valence-electron chi connectivity index (χ3n) is 22.2. The van der Waals surface area contributed by atoms with Gasteiger partial charge in [0.15, 0.2) is 11.6 Å². The maximum atomic E-state index is 5.40. The zero-order chi connectivity index (χ0) is 73.9. The van der Waals surface area contributed by atoms with Crippen molar-refractivity contribution in [2.75, 3.05) is 0 Å². The Labute approximate surface area is 641 Å². The zero-order valence-corrected chi connectivity index (χ0v) is 61.5. The Morgan fingerprint density at radius 1 is 0.164 bits per heavy atom. The van der Waals surface area contributed by atoms with Crippen LogP contribution in [0.15, 0.2) is 376 Å². The molecule has 4 aromatic heterocycles. The molecule has 0 aliphatic heterocycles. The second kappa shape index (κ2) is 27.8. The van der Waals surface area contributed by atoms with Gasteiger partial charge in [0.2, 0.25) is 0 Å². The van der Waals surface area contributed by atoms with Crippen LogP contribution in [0.25, 0.3) is 179 Å². The van der Waals surface area contributed by atoms with Crippen LogP contribution in [-0.2, 0) is 10.8 Å². The Morgan fingerprint density at radius 3 is 0.836 bits per heavy atom. The first kappa shape index (κ1) is 66.7. The van der Waals surface area contributed by atoms with Gasteiger partial charge in [0.05, 0.1) is 45.2 Å². The Hall–Kier alpha value is -13.9. The summed E-state index contributed by atoms with van der Waals surface area (Å²) in [6.07, 6.45) is 0. The van der Waals surface area contributed by atoms with Crippen LogP contribution in [0.1, 0.15) is 49.9 Å². The van der Waals surface area contributed by atoms with E-state index >= 15 is 0 Å². The third-order valence-corrected chi connectivity index (χ3v) is 22.2. The summed E-state index contributed by atoms with van der Waals surface area (Å²) in [4.78, 5) is 31.5. The van der Waals surface area contributed by atoms with E-state index in [0.717, 1.165) is 106 Å². The van der Waals surface area contributed by atoms with Gasteiger partial charge in [0.25, 0.3) is 0 Å². The minimum Gasteiger partial charge on any atom is -0.248 e. The van der Waals surface area contributed by atoms with Crippen molar-refractivity contribution in [1.29, 1.82) is 0 Å². The van der Waals surface area contributed by atoms with Crippen LogP contribution < -0.4 is 0 Å². The highest BCUT2D eigenvalue weighted by Crippen LogP contribution is 2.53. The maximum absolute atomic E-state index is 5.40. The predicted octanol–water partition coefficient (Wildman–Crippen LogP) is 26.7. The number of rotatable bonds is 12. The number of hydrogen-bond acceptors (Lipinski definition) is 6. The van der Waals surface area contributed by atoms with Gasteiger partial charge >= 0.3 is 0 Å². The van der Waals surface area contributed by atoms with Gasteiger partial charge in [-0.05, 0) is 156 Å². The average molecular weight is 1410 g/mol. The van der Waals surface area contributed by atoms with Gasteiger partial charge in [0, 0.05) is 66.1 Å². The van der Waals surface area contributed by atoms with Crippen LogP contribution in [0, 0.1) is 0 Å². The van der Waals surface area contributed by atoms with Crippen molar-refractivity contribution in [2.24, 2.45) is 0 Å². The highest BCUT2D eigenvalue weighted by Gasteiger charge is 2.38. The molecule has 4 heterocycles. The molecule has 0 fully saturated rings. The van der Waals surface area contributed by atoms with Gasteiger partial charge in [-0.3, -0.25) is 0 Å². The molecule has 0 atom stereocenters. The molecule has 6 nitrogen and oxygen atoms in total. The van der Waals surface area contributed by atoms with Crippen molar-refractivity contribution in [3.63, 3.8) is 0 Å². The van der Waals surface area contributed by atoms with Crippen LogP contribution in [0.4, 0.5) is 0 Å². The molecular weight excluding hydrogens is 1330 g/mol. The molecule has 110 heavy (non-hydrogen) atoms. The number of fused-ring (bicyclic) bond motifs is 8. The fourth-order valence-corrected chi connectivity index (χ4v) is 16.4. The largest absolute Gasteiger partial charge is 0.248 e. The molecule has 20 rings (SSSR count). The van der Waals surface area contributed by atoms with Crippen molar-refractivity contribution in [2.45, 2.75) is 38.5 Å². The van der Waals surface area contributed by atoms with Crippen LogP contribution in [0.5, 0.6) is 0 Å². The van der Waals surface area contributed by atoms with E-state index in [9.17, 15) is 0 Å². The molecule has 0 unspecified atom stereocenters. The minimum absolute atomic E-state index is 0.120. The van der Waals surface area contributed by atoms with E-state index in [1.54, 1.807) is 0 Å². The molecule has 0 saturated heterocycles. The van der Waals surface area contributed by atoms with Gasteiger partial charge in [-0.25, -0.2) is 29.9 Å². The van der Waals surface area contributed by atoms with Gasteiger partial charge in [0.1, 0.15) is 0 Å². The predicted molar refractivity (Wildman–Crippen MR) is 455 cm³/mol. The van der Waals surface area contributed by atoms with Crippen LogP contribution in [0.2, 0.25) is 0 Å². The Morgan fingerprint density at radius 2 is 0.436 bits per heavy atom. The summed E-state index contributed by atoms with van der Waals surface area (Å²) in [6.45, 7) is 9.30. The molecule has 0 saturated carbocycles. The molecule has 18 aromatic rings. The van der Waals surface area contributed by atoms with Crippen LogP contribution in [0.3, 0.4) is 0 Å². The van der Waals surface area contributed by atoms with Crippen molar-refractivity contribution >= 4 is 21.8 Å². The summed E-state index contributed by atoms with van der Waals surface area (Å²) >= 11 is 0. The van der Waals surface area contributed by atoms with Gasteiger partial charge in [-0.2, -0.15) is 0 Å². The van der Waals surface area contributed by atoms with E-state index in [0.29, 0.717) is 11.6 Å². The Kier molecular flexibility index (Phi) is 16.8.